The van der Waals surface area contributed by atoms with Crippen LogP contribution in [0, 0.1) is 0 Å². The van der Waals surface area contributed by atoms with Gasteiger partial charge in [-0.1, -0.05) is 35.9 Å². The minimum absolute atomic E-state index is 0.0185. The highest BCUT2D eigenvalue weighted by molar-refractivity contribution is 7.89. The summed E-state index contributed by atoms with van der Waals surface area (Å²) in [7, 11) is -3.78. The SMILES string of the molecule is O=C(CCNS(=O)(=O)c1ccccc1Cl)NCc1ccc(-c2nc3ccccc3s2)o1. The predicted molar refractivity (Wildman–Crippen MR) is 120 cm³/mol. The smallest absolute Gasteiger partial charge is 0.242 e. The molecule has 2 heterocycles. The van der Waals surface area contributed by atoms with E-state index in [1.54, 1.807) is 18.2 Å². The first-order chi connectivity index (χ1) is 14.9. The zero-order valence-corrected chi connectivity index (χ0v) is 18.6. The summed E-state index contributed by atoms with van der Waals surface area (Å²) in [6.45, 7) is 0.148. The Labute approximate surface area is 188 Å². The number of amides is 1. The number of aromatic nitrogens is 1. The molecular formula is C21H18ClN3O4S2. The van der Waals surface area contributed by atoms with Gasteiger partial charge in [-0.15, -0.1) is 11.3 Å². The van der Waals surface area contributed by atoms with Crippen molar-refractivity contribution in [2.24, 2.45) is 0 Å². The van der Waals surface area contributed by atoms with Gasteiger partial charge in [0.1, 0.15) is 10.7 Å². The van der Waals surface area contributed by atoms with E-state index in [2.05, 4.69) is 15.0 Å². The summed E-state index contributed by atoms with van der Waals surface area (Å²) in [6.07, 6.45) is -0.0187. The molecule has 0 aliphatic carbocycles. The molecule has 31 heavy (non-hydrogen) atoms. The monoisotopic (exact) mass is 475 g/mol. The number of nitrogens with zero attached hydrogens (tertiary/aromatic N) is 1. The summed E-state index contributed by atoms with van der Waals surface area (Å²) >= 11 is 7.46. The Morgan fingerprint density at radius 3 is 2.65 bits per heavy atom. The van der Waals surface area contributed by atoms with Gasteiger partial charge in [-0.2, -0.15) is 0 Å². The van der Waals surface area contributed by atoms with Gasteiger partial charge in [0.25, 0.3) is 0 Å². The van der Waals surface area contributed by atoms with Crippen LogP contribution in [-0.2, 0) is 21.4 Å². The largest absolute Gasteiger partial charge is 0.457 e. The fraction of sp³-hybridized carbons (Fsp3) is 0.143. The minimum atomic E-state index is -3.78. The average Bonchev–Trinajstić information content (AvgIpc) is 3.39. The molecule has 160 valence electrons. The third-order valence-corrected chi connectivity index (χ3v) is 7.41. The van der Waals surface area contributed by atoms with Crippen LogP contribution >= 0.6 is 22.9 Å². The fourth-order valence-corrected chi connectivity index (χ4v) is 5.36. The van der Waals surface area contributed by atoms with Gasteiger partial charge in [0, 0.05) is 13.0 Å². The second-order valence-corrected chi connectivity index (χ2v) is 9.78. The number of carbonyl (C=O) groups is 1. The van der Waals surface area contributed by atoms with Gasteiger partial charge in [0.2, 0.25) is 15.9 Å². The van der Waals surface area contributed by atoms with Crippen molar-refractivity contribution in [3.63, 3.8) is 0 Å². The quantitative estimate of drug-likeness (QED) is 0.398. The molecule has 0 saturated carbocycles. The summed E-state index contributed by atoms with van der Waals surface area (Å²) in [4.78, 5) is 16.6. The Morgan fingerprint density at radius 2 is 1.84 bits per heavy atom. The van der Waals surface area contributed by atoms with Crippen LogP contribution < -0.4 is 10.0 Å². The van der Waals surface area contributed by atoms with Crippen molar-refractivity contribution in [1.29, 1.82) is 0 Å². The van der Waals surface area contributed by atoms with E-state index >= 15 is 0 Å². The van der Waals surface area contributed by atoms with Crippen LogP contribution in [0.3, 0.4) is 0 Å². The predicted octanol–water partition coefficient (Wildman–Crippen LogP) is 4.19. The Hall–Kier alpha value is -2.72. The molecule has 0 unspecified atom stereocenters. The molecule has 10 heteroatoms. The summed E-state index contributed by atoms with van der Waals surface area (Å²) in [5.74, 6) is 0.914. The van der Waals surface area contributed by atoms with Crippen LogP contribution in [0.1, 0.15) is 12.2 Å². The molecule has 0 saturated heterocycles. The lowest BCUT2D eigenvalue weighted by atomic mass is 10.3. The zero-order valence-electron chi connectivity index (χ0n) is 16.2. The van der Waals surface area contributed by atoms with Gasteiger partial charge in [0.05, 0.1) is 21.8 Å². The Balaban J connectivity index is 1.28. The highest BCUT2D eigenvalue weighted by Gasteiger charge is 2.17. The van der Waals surface area contributed by atoms with Crippen molar-refractivity contribution < 1.29 is 17.6 Å². The lowest BCUT2D eigenvalue weighted by Crippen LogP contribution is -2.30. The van der Waals surface area contributed by atoms with Gasteiger partial charge < -0.3 is 9.73 Å². The number of para-hydroxylation sites is 1. The maximum absolute atomic E-state index is 12.3. The molecule has 1 amide bonds. The van der Waals surface area contributed by atoms with E-state index in [0.29, 0.717) is 11.5 Å². The number of carbonyl (C=O) groups excluding carboxylic acids is 1. The molecule has 4 rings (SSSR count). The first-order valence-corrected chi connectivity index (χ1v) is 12.1. The van der Waals surface area contributed by atoms with E-state index < -0.39 is 10.0 Å². The highest BCUT2D eigenvalue weighted by atomic mass is 35.5. The molecule has 7 nitrogen and oxygen atoms in total. The molecule has 0 spiro atoms. The molecule has 4 aromatic rings. The second-order valence-electron chi connectivity index (χ2n) is 6.61. The molecule has 2 N–H and O–H groups in total. The minimum Gasteiger partial charge on any atom is -0.457 e. The number of nitrogens with one attached hydrogen (secondary N) is 2. The maximum atomic E-state index is 12.3. The molecule has 0 atom stereocenters. The van der Waals surface area contributed by atoms with Gasteiger partial charge in [-0.3, -0.25) is 4.79 Å². The number of hydrogen-bond acceptors (Lipinski definition) is 6. The van der Waals surface area contributed by atoms with Crippen molar-refractivity contribution in [3.05, 3.63) is 71.4 Å². The standard InChI is InChI=1S/C21H18ClN3O4S2/c22-15-5-1-4-8-19(15)31(27,28)24-12-11-20(26)23-13-14-9-10-17(29-14)21-25-16-6-2-3-7-18(16)30-21/h1-10,24H,11-13H2,(H,23,26). The van der Waals surface area contributed by atoms with E-state index in [9.17, 15) is 13.2 Å². The molecule has 0 aliphatic heterocycles. The number of thiazole rings is 1. The third-order valence-electron chi connectivity index (χ3n) is 4.40. The Morgan fingerprint density at radius 1 is 1.06 bits per heavy atom. The second kappa shape index (κ2) is 9.19. The number of rotatable bonds is 8. The number of sulfonamides is 1. The molecule has 0 fully saturated rings. The summed E-state index contributed by atoms with van der Waals surface area (Å²) < 4.78 is 33.8. The molecule has 2 aromatic heterocycles. The lowest BCUT2D eigenvalue weighted by Gasteiger charge is -2.08. The number of hydrogen-bond donors (Lipinski definition) is 2. The highest BCUT2D eigenvalue weighted by Crippen LogP contribution is 2.31. The van der Waals surface area contributed by atoms with Gasteiger partial charge in [-0.25, -0.2) is 18.1 Å². The number of benzene rings is 2. The summed E-state index contributed by atoms with van der Waals surface area (Å²) in [6, 6.07) is 17.6. The van der Waals surface area contributed by atoms with Crippen molar-refractivity contribution in [3.8, 4) is 10.8 Å². The average molecular weight is 476 g/mol. The van der Waals surface area contributed by atoms with Gasteiger partial charge in [-0.05, 0) is 36.4 Å². The van der Waals surface area contributed by atoms with Crippen LogP contribution in [-0.4, -0.2) is 25.9 Å². The molecule has 0 aliphatic rings. The topological polar surface area (TPSA) is 101 Å². The van der Waals surface area contributed by atoms with Crippen LogP contribution in [0.5, 0.6) is 0 Å². The molecule has 0 bridgehead atoms. The van der Waals surface area contributed by atoms with Crippen molar-refractivity contribution >= 4 is 49.1 Å². The zero-order chi connectivity index (χ0) is 21.8. The van der Waals surface area contributed by atoms with Crippen molar-refractivity contribution in [2.45, 2.75) is 17.9 Å². The maximum Gasteiger partial charge on any atom is 0.242 e. The van der Waals surface area contributed by atoms with Gasteiger partial charge in [0.15, 0.2) is 10.8 Å². The number of furan rings is 1. The number of fused-ring (bicyclic) bond motifs is 1. The van der Waals surface area contributed by atoms with E-state index in [1.165, 1.54) is 23.5 Å². The first-order valence-electron chi connectivity index (χ1n) is 9.38. The van der Waals surface area contributed by atoms with E-state index in [4.69, 9.17) is 16.0 Å². The molecule has 0 radical (unpaired) electrons. The Kier molecular flexibility index (Phi) is 6.38. The fourth-order valence-electron chi connectivity index (χ4n) is 2.88. The van der Waals surface area contributed by atoms with Crippen LogP contribution in [0.25, 0.3) is 21.0 Å². The first kappa shape index (κ1) is 21.5. The van der Waals surface area contributed by atoms with E-state index in [1.807, 2.05) is 30.3 Å². The van der Waals surface area contributed by atoms with Crippen LogP contribution in [0.15, 0.2) is 70.0 Å². The number of halogens is 1. The van der Waals surface area contributed by atoms with E-state index in [-0.39, 0.29) is 35.3 Å². The summed E-state index contributed by atoms with van der Waals surface area (Å²) in [5, 5.41) is 3.61. The molecule has 2 aromatic carbocycles. The third kappa shape index (κ3) is 5.13. The summed E-state index contributed by atoms with van der Waals surface area (Å²) in [5.41, 5.74) is 0.910. The van der Waals surface area contributed by atoms with Crippen LogP contribution in [0.4, 0.5) is 0 Å². The van der Waals surface area contributed by atoms with Crippen molar-refractivity contribution in [2.75, 3.05) is 6.54 Å². The lowest BCUT2D eigenvalue weighted by molar-refractivity contribution is -0.121. The van der Waals surface area contributed by atoms with Crippen molar-refractivity contribution in [1.82, 2.24) is 15.0 Å². The molecular weight excluding hydrogens is 458 g/mol. The Bertz CT molecular complexity index is 1300. The van der Waals surface area contributed by atoms with Gasteiger partial charge >= 0.3 is 0 Å². The normalized spacial score (nSPS) is 11.6. The van der Waals surface area contributed by atoms with Crippen LogP contribution in [0.2, 0.25) is 5.02 Å². The van der Waals surface area contributed by atoms with E-state index in [0.717, 1.165) is 15.2 Å².